The summed E-state index contributed by atoms with van der Waals surface area (Å²) in [6.07, 6.45) is 0.193. The molecule has 2 rings (SSSR count). The molecule has 0 radical (unpaired) electrons. The molecule has 2 aromatic rings. The van der Waals surface area contributed by atoms with E-state index in [0.717, 1.165) is 0 Å². The SMILES string of the molecule is COc1ccc(F)cc1CC(C#N)c1ccccc1F. The van der Waals surface area contributed by atoms with E-state index in [1.807, 2.05) is 0 Å². The first-order valence-electron chi connectivity index (χ1n) is 6.12. The molecule has 0 N–H and O–H groups in total. The van der Waals surface area contributed by atoms with Crippen molar-refractivity contribution < 1.29 is 13.5 Å². The highest BCUT2D eigenvalue weighted by atomic mass is 19.1. The quantitative estimate of drug-likeness (QED) is 0.848. The lowest BCUT2D eigenvalue weighted by molar-refractivity contribution is 0.407. The fourth-order valence-corrected chi connectivity index (χ4v) is 2.11. The molecule has 0 bridgehead atoms. The lowest BCUT2D eigenvalue weighted by Crippen LogP contribution is -2.05. The van der Waals surface area contributed by atoms with Crippen LogP contribution in [0.1, 0.15) is 17.0 Å². The number of nitriles is 1. The Morgan fingerprint density at radius 1 is 1.20 bits per heavy atom. The molecule has 1 unspecified atom stereocenters. The van der Waals surface area contributed by atoms with Gasteiger partial charge in [0.05, 0.1) is 19.1 Å². The summed E-state index contributed by atoms with van der Waals surface area (Å²) in [5.41, 5.74) is 0.851. The Balaban J connectivity index is 2.35. The first-order chi connectivity index (χ1) is 9.65. The number of hydrogen-bond acceptors (Lipinski definition) is 2. The third kappa shape index (κ3) is 2.94. The summed E-state index contributed by atoms with van der Waals surface area (Å²) in [4.78, 5) is 0. The Morgan fingerprint density at radius 3 is 2.60 bits per heavy atom. The number of benzene rings is 2. The molecule has 20 heavy (non-hydrogen) atoms. The summed E-state index contributed by atoms with van der Waals surface area (Å²) < 4.78 is 32.2. The first kappa shape index (κ1) is 14.0. The zero-order chi connectivity index (χ0) is 14.5. The van der Waals surface area contributed by atoms with E-state index >= 15 is 0 Å². The van der Waals surface area contributed by atoms with Crippen LogP contribution in [0.3, 0.4) is 0 Å². The maximum atomic E-state index is 13.7. The molecular formula is C16H13F2NO. The number of ether oxygens (including phenoxy) is 1. The van der Waals surface area contributed by atoms with Gasteiger partial charge in [0.2, 0.25) is 0 Å². The largest absolute Gasteiger partial charge is 0.496 e. The van der Waals surface area contributed by atoms with Crippen LogP contribution in [0.15, 0.2) is 42.5 Å². The Kier molecular flexibility index (Phi) is 4.31. The molecule has 0 saturated carbocycles. The van der Waals surface area contributed by atoms with Gasteiger partial charge in [0.15, 0.2) is 0 Å². The standard InChI is InChI=1S/C16H13F2NO/c1-20-16-7-6-13(17)9-11(16)8-12(10-19)14-4-2-3-5-15(14)18/h2-7,9,12H,8H2,1H3. The van der Waals surface area contributed by atoms with E-state index in [1.54, 1.807) is 18.2 Å². The summed E-state index contributed by atoms with van der Waals surface area (Å²) >= 11 is 0. The van der Waals surface area contributed by atoms with E-state index in [9.17, 15) is 14.0 Å². The molecule has 1 atom stereocenters. The summed E-state index contributed by atoms with van der Waals surface area (Å²) in [7, 11) is 1.47. The summed E-state index contributed by atoms with van der Waals surface area (Å²) in [5, 5.41) is 9.25. The van der Waals surface area contributed by atoms with Gasteiger partial charge in [-0.3, -0.25) is 0 Å². The van der Waals surface area contributed by atoms with Crippen molar-refractivity contribution in [3.05, 3.63) is 65.2 Å². The van der Waals surface area contributed by atoms with Crippen LogP contribution in [0.25, 0.3) is 0 Å². The molecule has 4 heteroatoms. The molecule has 2 aromatic carbocycles. The van der Waals surface area contributed by atoms with E-state index in [-0.39, 0.29) is 6.42 Å². The third-order valence-corrected chi connectivity index (χ3v) is 3.10. The molecular weight excluding hydrogens is 260 g/mol. The van der Waals surface area contributed by atoms with Gasteiger partial charge in [0.1, 0.15) is 17.4 Å². The molecule has 2 nitrogen and oxygen atoms in total. The number of hydrogen-bond donors (Lipinski definition) is 0. The van der Waals surface area contributed by atoms with Crippen LogP contribution < -0.4 is 4.74 Å². The highest BCUT2D eigenvalue weighted by Gasteiger charge is 2.18. The Bertz CT molecular complexity index is 649. The molecule has 0 heterocycles. The van der Waals surface area contributed by atoms with Gasteiger partial charge in [0.25, 0.3) is 0 Å². The van der Waals surface area contributed by atoms with Crippen LogP contribution in [0.2, 0.25) is 0 Å². The molecule has 0 aliphatic heterocycles. The van der Waals surface area contributed by atoms with Gasteiger partial charge in [-0.15, -0.1) is 0 Å². The van der Waals surface area contributed by atoms with Gasteiger partial charge in [-0.05, 0) is 36.2 Å². The van der Waals surface area contributed by atoms with Crippen LogP contribution in [0, 0.1) is 23.0 Å². The smallest absolute Gasteiger partial charge is 0.127 e. The van der Waals surface area contributed by atoms with Crippen LogP contribution in [-0.4, -0.2) is 7.11 Å². The van der Waals surface area contributed by atoms with Gasteiger partial charge in [0, 0.05) is 5.56 Å². The topological polar surface area (TPSA) is 33.0 Å². The van der Waals surface area contributed by atoms with Gasteiger partial charge < -0.3 is 4.74 Å². The maximum Gasteiger partial charge on any atom is 0.127 e. The summed E-state index contributed by atoms with van der Waals surface area (Å²) in [6, 6.07) is 12.3. The van der Waals surface area contributed by atoms with Crippen LogP contribution in [0.4, 0.5) is 8.78 Å². The van der Waals surface area contributed by atoms with Crippen LogP contribution >= 0.6 is 0 Å². The zero-order valence-electron chi connectivity index (χ0n) is 10.9. The molecule has 0 aliphatic carbocycles. The summed E-state index contributed by atoms with van der Waals surface area (Å²) in [5.74, 6) is -1.05. The Morgan fingerprint density at radius 2 is 1.95 bits per heavy atom. The minimum Gasteiger partial charge on any atom is -0.496 e. The summed E-state index contributed by atoms with van der Waals surface area (Å²) in [6.45, 7) is 0. The monoisotopic (exact) mass is 273 g/mol. The van der Waals surface area contributed by atoms with Crippen molar-refractivity contribution in [1.29, 1.82) is 5.26 Å². The molecule has 0 saturated heterocycles. The highest BCUT2D eigenvalue weighted by molar-refractivity contribution is 5.38. The minimum absolute atomic E-state index is 0.193. The van der Waals surface area contributed by atoms with Crippen molar-refractivity contribution in [3.63, 3.8) is 0 Å². The number of nitrogens with zero attached hydrogens (tertiary/aromatic N) is 1. The van der Waals surface area contributed by atoms with Gasteiger partial charge >= 0.3 is 0 Å². The highest BCUT2D eigenvalue weighted by Crippen LogP contribution is 2.28. The zero-order valence-corrected chi connectivity index (χ0v) is 10.9. The van der Waals surface area contributed by atoms with E-state index in [1.165, 1.54) is 31.4 Å². The van der Waals surface area contributed by atoms with Crippen LogP contribution in [-0.2, 0) is 6.42 Å². The van der Waals surface area contributed by atoms with Crippen molar-refractivity contribution in [3.8, 4) is 11.8 Å². The second kappa shape index (κ2) is 6.16. The molecule has 102 valence electrons. The average Bonchev–Trinajstić information content (AvgIpc) is 2.46. The van der Waals surface area contributed by atoms with E-state index in [4.69, 9.17) is 4.74 Å². The van der Waals surface area contributed by atoms with Crippen LogP contribution in [0.5, 0.6) is 5.75 Å². The lowest BCUT2D eigenvalue weighted by atomic mass is 9.92. The molecule has 0 amide bonds. The van der Waals surface area contributed by atoms with Crippen molar-refractivity contribution >= 4 is 0 Å². The number of rotatable bonds is 4. The third-order valence-electron chi connectivity index (χ3n) is 3.10. The van der Waals surface area contributed by atoms with Crippen molar-refractivity contribution in [2.24, 2.45) is 0 Å². The second-order valence-corrected chi connectivity index (χ2v) is 4.36. The predicted molar refractivity (Wildman–Crippen MR) is 71.4 cm³/mol. The van der Waals surface area contributed by atoms with E-state index in [0.29, 0.717) is 16.9 Å². The van der Waals surface area contributed by atoms with Crippen molar-refractivity contribution in [2.75, 3.05) is 7.11 Å². The Hall–Kier alpha value is -2.41. The van der Waals surface area contributed by atoms with E-state index in [2.05, 4.69) is 6.07 Å². The molecule has 0 aromatic heterocycles. The van der Waals surface area contributed by atoms with Crippen molar-refractivity contribution in [1.82, 2.24) is 0 Å². The molecule has 0 aliphatic rings. The first-order valence-corrected chi connectivity index (χ1v) is 6.12. The predicted octanol–water partition coefficient (Wildman–Crippen LogP) is 3.82. The average molecular weight is 273 g/mol. The fourth-order valence-electron chi connectivity index (χ4n) is 2.11. The van der Waals surface area contributed by atoms with Gasteiger partial charge in [-0.25, -0.2) is 8.78 Å². The number of halogens is 2. The second-order valence-electron chi connectivity index (χ2n) is 4.36. The van der Waals surface area contributed by atoms with Gasteiger partial charge in [-0.2, -0.15) is 5.26 Å². The van der Waals surface area contributed by atoms with E-state index < -0.39 is 17.6 Å². The van der Waals surface area contributed by atoms with Crippen molar-refractivity contribution in [2.45, 2.75) is 12.3 Å². The normalized spacial score (nSPS) is 11.7. The number of methoxy groups -OCH3 is 1. The molecule has 0 spiro atoms. The molecule has 0 fully saturated rings. The Labute approximate surface area is 116 Å². The minimum atomic E-state index is -0.688. The maximum absolute atomic E-state index is 13.7. The fraction of sp³-hybridized carbons (Fsp3) is 0.188. The van der Waals surface area contributed by atoms with Gasteiger partial charge in [-0.1, -0.05) is 18.2 Å². The lowest BCUT2D eigenvalue weighted by Gasteiger charge is -2.13.